The van der Waals surface area contributed by atoms with Crippen molar-refractivity contribution in [3.63, 3.8) is 0 Å². The molecule has 1 aromatic heterocycles. The number of benzene rings is 1. The Kier molecular flexibility index (Phi) is 11.9. The number of likely N-dealkylation sites (tertiary alicyclic amines) is 1. The summed E-state index contributed by atoms with van der Waals surface area (Å²) in [5, 5.41) is 5.71. The minimum Gasteiger partial charge on any atom is -0.489 e. The van der Waals surface area contributed by atoms with Crippen LogP contribution in [-0.4, -0.2) is 107 Å². The molecule has 1 fully saturated rings. The Labute approximate surface area is 275 Å². The molecule has 13 heteroatoms. The third-order valence-corrected chi connectivity index (χ3v) is 8.72. The highest BCUT2D eigenvalue weighted by atomic mass is 19.1. The lowest BCUT2D eigenvalue weighted by Gasteiger charge is -2.34. The van der Waals surface area contributed by atoms with E-state index in [2.05, 4.69) is 15.6 Å². The van der Waals surface area contributed by atoms with Crippen LogP contribution in [0, 0.1) is 5.82 Å². The quantitative estimate of drug-likeness (QED) is 0.321. The number of likely N-dealkylation sites (N-methyl/N-ethyl adjacent to an activating group) is 1. The van der Waals surface area contributed by atoms with Gasteiger partial charge in [-0.05, 0) is 70.2 Å². The summed E-state index contributed by atoms with van der Waals surface area (Å²) in [7, 11) is 4.89. The smallest absolute Gasteiger partial charge is 0.274 e. The number of hydrogen-bond acceptors (Lipinski definition) is 7. The fraction of sp³-hybridized carbons (Fsp3) is 0.529. The minimum absolute atomic E-state index is 0.147. The minimum atomic E-state index is -1.46. The van der Waals surface area contributed by atoms with Gasteiger partial charge in [0.1, 0.15) is 35.1 Å². The third kappa shape index (κ3) is 9.48. The van der Waals surface area contributed by atoms with Gasteiger partial charge in [-0.1, -0.05) is 12.1 Å². The zero-order valence-electron chi connectivity index (χ0n) is 27.9. The van der Waals surface area contributed by atoms with Crippen molar-refractivity contribution in [3.05, 3.63) is 77.9 Å². The van der Waals surface area contributed by atoms with E-state index < -0.39 is 36.0 Å². The van der Waals surface area contributed by atoms with Crippen molar-refractivity contribution in [2.24, 2.45) is 7.05 Å². The van der Waals surface area contributed by atoms with Gasteiger partial charge < -0.3 is 34.5 Å². The number of ether oxygens (including phenoxy) is 2. The Hall–Kier alpha value is -4.10. The molecule has 256 valence electrons. The van der Waals surface area contributed by atoms with E-state index in [1.165, 1.54) is 32.2 Å². The van der Waals surface area contributed by atoms with Crippen molar-refractivity contribution in [2.45, 2.75) is 76.0 Å². The predicted octanol–water partition coefficient (Wildman–Crippen LogP) is 2.93. The molecule has 47 heavy (non-hydrogen) atoms. The molecule has 3 amide bonds. The largest absolute Gasteiger partial charge is 0.489 e. The first-order chi connectivity index (χ1) is 22.3. The van der Waals surface area contributed by atoms with Crippen molar-refractivity contribution < 1.29 is 32.6 Å². The fourth-order valence-electron chi connectivity index (χ4n) is 5.61. The number of methoxy groups -OCH3 is 1. The Balaban J connectivity index is 1.62. The van der Waals surface area contributed by atoms with Gasteiger partial charge in [-0.15, -0.1) is 0 Å². The van der Waals surface area contributed by atoms with Crippen LogP contribution in [0.3, 0.4) is 0 Å². The van der Waals surface area contributed by atoms with E-state index in [0.29, 0.717) is 18.6 Å². The van der Waals surface area contributed by atoms with Gasteiger partial charge in [0, 0.05) is 46.3 Å². The SMILES string of the molecule is CN[C@@H](C)C(=O)N[C@H](C(=O)N1C[C@@H](OC2=CCC(C)(F)C=C2)C[C@H]1CN(CCc1ccc(F)cc1)C(=O)c1cn(C)cn1)[C@@H](C)OC. The van der Waals surface area contributed by atoms with Crippen molar-refractivity contribution >= 4 is 17.7 Å². The van der Waals surface area contributed by atoms with E-state index in [0.717, 1.165) is 5.56 Å². The average Bonchev–Trinajstić information content (AvgIpc) is 3.67. The number of carbonyl (C=O) groups excluding carboxylic acids is 3. The second-order valence-electron chi connectivity index (χ2n) is 12.5. The number of aromatic nitrogens is 2. The Morgan fingerprint density at radius 3 is 2.53 bits per heavy atom. The number of allylic oxidation sites excluding steroid dienone is 3. The van der Waals surface area contributed by atoms with Crippen molar-refractivity contribution in [1.82, 2.24) is 30.0 Å². The van der Waals surface area contributed by atoms with Crippen LogP contribution >= 0.6 is 0 Å². The van der Waals surface area contributed by atoms with Gasteiger partial charge >= 0.3 is 0 Å². The summed E-state index contributed by atoms with van der Waals surface area (Å²) < 4.78 is 41.4. The van der Waals surface area contributed by atoms with Gasteiger partial charge in [0.2, 0.25) is 11.8 Å². The van der Waals surface area contributed by atoms with Crippen LogP contribution in [0.1, 0.15) is 49.7 Å². The highest BCUT2D eigenvalue weighted by Crippen LogP contribution is 2.29. The first-order valence-electron chi connectivity index (χ1n) is 15.9. The van der Waals surface area contributed by atoms with E-state index in [-0.39, 0.29) is 55.3 Å². The van der Waals surface area contributed by atoms with Crippen LogP contribution in [0.15, 0.2) is 60.8 Å². The lowest BCUT2D eigenvalue weighted by molar-refractivity contribution is -0.141. The maximum Gasteiger partial charge on any atom is 0.274 e. The molecule has 2 heterocycles. The van der Waals surface area contributed by atoms with Gasteiger partial charge in [0.05, 0.1) is 31.1 Å². The number of amides is 3. The molecule has 6 atom stereocenters. The van der Waals surface area contributed by atoms with Crippen LogP contribution in [0.4, 0.5) is 8.78 Å². The number of hydrogen-bond donors (Lipinski definition) is 2. The second-order valence-corrected chi connectivity index (χ2v) is 12.5. The van der Waals surface area contributed by atoms with Gasteiger partial charge in [0.25, 0.3) is 5.91 Å². The molecule has 2 aromatic rings. The van der Waals surface area contributed by atoms with Gasteiger partial charge in [-0.2, -0.15) is 0 Å². The standard InChI is InChI=1S/C34H46F2N6O5/c1-22(37-4)31(43)39-30(23(2)46-6)33(45)42-19-28(47-27-11-14-34(3,36)15-12-27)17-26(42)18-41(32(44)29-20-40(5)21-38-29)16-13-24-7-9-25(35)10-8-24/h7-12,14,20-23,26,28,30,37H,13,15-19H2,1-6H3,(H,39,43)/t22-,23+,26-,28-,30-,34?/m0/s1. The molecule has 0 saturated carbocycles. The Bertz CT molecular complexity index is 1460. The van der Waals surface area contributed by atoms with Crippen LogP contribution in [0.5, 0.6) is 0 Å². The summed E-state index contributed by atoms with van der Waals surface area (Å²) in [5.74, 6) is -0.899. The molecule has 0 radical (unpaired) electrons. The summed E-state index contributed by atoms with van der Waals surface area (Å²) in [6.07, 6.45) is 7.77. The molecular weight excluding hydrogens is 610 g/mol. The van der Waals surface area contributed by atoms with Crippen LogP contribution in [-0.2, 0) is 32.5 Å². The Morgan fingerprint density at radius 1 is 1.21 bits per heavy atom. The number of alkyl halides is 1. The van der Waals surface area contributed by atoms with Crippen molar-refractivity contribution in [1.29, 1.82) is 0 Å². The first-order valence-corrected chi connectivity index (χ1v) is 15.9. The van der Waals surface area contributed by atoms with E-state index in [1.54, 1.807) is 79.1 Å². The second kappa shape index (κ2) is 15.7. The summed E-state index contributed by atoms with van der Waals surface area (Å²) >= 11 is 0. The highest BCUT2D eigenvalue weighted by molar-refractivity contribution is 5.92. The van der Waals surface area contributed by atoms with Crippen molar-refractivity contribution in [2.75, 3.05) is 33.8 Å². The molecule has 0 bridgehead atoms. The van der Waals surface area contributed by atoms with Gasteiger partial charge in [-0.3, -0.25) is 14.4 Å². The van der Waals surface area contributed by atoms with Crippen LogP contribution in [0.25, 0.3) is 0 Å². The molecule has 1 aromatic carbocycles. The summed E-state index contributed by atoms with van der Waals surface area (Å²) in [6.45, 7) is 5.48. The molecule has 1 saturated heterocycles. The zero-order chi connectivity index (χ0) is 34.3. The molecule has 2 aliphatic rings. The van der Waals surface area contributed by atoms with Gasteiger partial charge in [-0.25, -0.2) is 13.8 Å². The molecule has 11 nitrogen and oxygen atoms in total. The fourth-order valence-corrected chi connectivity index (χ4v) is 5.61. The molecule has 4 rings (SSSR count). The summed E-state index contributed by atoms with van der Waals surface area (Å²) in [6, 6.07) is 4.03. The normalized spacial score (nSPS) is 22.7. The number of nitrogens with one attached hydrogen (secondary N) is 2. The number of aryl methyl sites for hydroxylation is 1. The molecule has 1 unspecified atom stereocenters. The molecule has 1 aliphatic carbocycles. The number of rotatable bonds is 14. The molecule has 2 N–H and O–H groups in total. The van der Waals surface area contributed by atoms with E-state index in [9.17, 15) is 23.2 Å². The number of imidazole rings is 1. The monoisotopic (exact) mass is 656 g/mol. The van der Waals surface area contributed by atoms with Crippen molar-refractivity contribution in [3.8, 4) is 0 Å². The first kappa shape index (κ1) is 35.7. The topological polar surface area (TPSA) is 118 Å². The van der Waals surface area contributed by atoms with E-state index in [4.69, 9.17) is 9.47 Å². The van der Waals surface area contributed by atoms with Gasteiger partial charge in [0.15, 0.2) is 0 Å². The molecular formula is C34H46F2N6O5. The van der Waals surface area contributed by atoms with E-state index >= 15 is 0 Å². The maximum absolute atomic E-state index is 14.4. The predicted molar refractivity (Wildman–Crippen MR) is 172 cm³/mol. The van der Waals surface area contributed by atoms with Crippen LogP contribution in [0.2, 0.25) is 0 Å². The lowest BCUT2D eigenvalue weighted by Crippen LogP contribution is -2.58. The zero-order valence-corrected chi connectivity index (χ0v) is 27.9. The average molecular weight is 657 g/mol. The lowest BCUT2D eigenvalue weighted by atomic mass is 9.99. The number of halogens is 2. The summed E-state index contributed by atoms with van der Waals surface area (Å²) in [5.41, 5.74) is -0.367. The van der Waals surface area contributed by atoms with Crippen LogP contribution < -0.4 is 10.6 Å². The highest BCUT2D eigenvalue weighted by Gasteiger charge is 2.43. The molecule has 0 spiro atoms. The number of nitrogens with zero attached hydrogens (tertiary/aromatic N) is 4. The Morgan fingerprint density at radius 2 is 1.94 bits per heavy atom. The van der Waals surface area contributed by atoms with E-state index in [1.807, 2.05) is 0 Å². The summed E-state index contributed by atoms with van der Waals surface area (Å²) in [4.78, 5) is 48.5. The number of carbonyl (C=O) groups is 3. The third-order valence-electron chi connectivity index (χ3n) is 8.72. The maximum atomic E-state index is 14.4. The molecule has 1 aliphatic heterocycles.